The van der Waals surface area contributed by atoms with Crippen molar-refractivity contribution in [1.82, 2.24) is 0 Å². The number of para-hydroxylation sites is 1. The molecule has 0 unspecified atom stereocenters. The van der Waals surface area contributed by atoms with Gasteiger partial charge in [0.1, 0.15) is 0 Å². The van der Waals surface area contributed by atoms with Gasteiger partial charge in [-0.1, -0.05) is 30.4 Å². The molecule has 4 nitrogen and oxygen atoms in total. The van der Waals surface area contributed by atoms with Crippen LogP contribution in [-0.4, -0.2) is 17.0 Å². The molecule has 4 aliphatic rings. The maximum atomic E-state index is 12.8. The third-order valence-corrected chi connectivity index (χ3v) is 5.64. The fraction of sp³-hybridized carbons (Fsp3) is 0.444. The highest BCUT2D eigenvalue weighted by Crippen LogP contribution is 2.63. The van der Waals surface area contributed by atoms with E-state index < -0.39 is 17.8 Å². The van der Waals surface area contributed by atoms with Crippen LogP contribution in [0, 0.1) is 42.4 Å². The van der Waals surface area contributed by atoms with Gasteiger partial charge in [0.2, 0.25) is 5.91 Å². The van der Waals surface area contributed by atoms with Gasteiger partial charge in [-0.05, 0) is 48.6 Å². The molecule has 0 saturated heterocycles. The zero-order valence-corrected chi connectivity index (χ0v) is 12.4. The summed E-state index contributed by atoms with van der Waals surface area (Å²) in [7, 11) is 0. The van der Waals surface area contributed by atoms with Crippen LogP contribution in [0.25, 0.3) is 0 Å². The molecule has 5 rings (SSSR count). The number of carboxylic acid groups (broad SMARTS) is 1. The normalized spacial score (nSPS) is 37.5. The molecule has 2 bridgehead atoms. The summed E-state index contributed by atoms with van der Waals surface area (Å²) in [4.78, 5) is 24.5. The Morgan fingerprint density at radius 1 is 1.09 bits per heavy atom. The van der Waals surface area contributed by atoms with E-state index in [1.54, 1.807) is 0 Å². The number of carboxylic acids is 1. The second-order valence-corrected chi connectivity index (χ2v) is 6.80. The summed E-state index contributed by atoms with van der Waals surface area (Å²) in [5.74, 6) is -0.906. The van der Waals surface area contributed by atoms with Gasteiger partial charge in [0.25, 0.3) is 0 Å². The Bertz CT molecular complexity index is 681. The summed E-state index contributed by atoms with van der Waals surface area (Å²) in [6.45, 7) is 1.94. The third kappa shape index (κ3) is 1.90. The van der Waals surface area contributed by atoms with Gasteiger partial charge in [-0.15, -0.1) is 0 Å². The fourth-order valence-corrected chi connectivity index (χ4v) is 4.50. The van der Waals surface area contributed by atoms with Crippen LogP contribution < -0.4 is 5.32 Å². The molecule has 4 heteroatoms. The summed E-state index contributed by atoms with van der Waals surface area (Å²) in [6.07, 6.45) is 5.19. The van der Waals surface area contributed by atoms with Crippen LogP contribution in [-0.2, 0) is 9.59 Å². The number of hydrogen-bond donors (Lipinski definition) is 2. The third-order valence-electron chi connectivity index (χ3n) is 5.64. The van der Waals surface area contributed by atoms with Gasteiger partial charge in [0, 0.05) is 5.69 Å². The van der Waals surface area contributed by atoms with Crippen LogP contribution >= 0.6 is 0 Å². The molecule has 1 amide bonds. The lowest BCUT2D eigenvalue weighted by molar-refractivity contribution is -0.152. The van der Waals surface area contributed by atoms with E-state index in [9.17, 15) is 14.7 Å². The molecule has 1 aromatic rings. The van der Waals surface area contributed by atoms with E-state index in [1.165, 1.54) is 0 Å². The largest absolute Gasteiger partial charge is 0.481 e. The minimum absolute atomic E-state index is 0.0279. The molecule has 22 heavy (non-hydrogen) atoms. The summed E-state index contributed by atoms with van der Waals surface area (Å²) < 4.78 is 0. The number of anilines is 1. The monoisotopic (exact) mass is 297 g/mol. The first-order chi connectivity index (χ1) is 10.6. The molecule has 0 radical (unpaired) electrons. The van der Waals surface area contributed by atoms with Crippen molar-refractivity contribution in [3.63, 3.8) is 0 Å². The minimum Gasteiger partial charge on any atom is -0.481 e. The molecule has 0 spiro atoms. The van der Waals surface area contributed by atoms with Gasteiger partial charge in [-0.25, -0.2) is 0 Å². The zero-order chi connectivity index (χ0) is 15.4. The molecule has 4 aliphatic carbocycles. The highest BCUT2D eigenvalue weighted by Gasteiger charge is 2.62. The lowest BCUT2D eigenvalue weighted by atomic mass is 9.62. The van der Waals surface area contributed by atoms with E-state index >= 15 is 0 Å². The first-order valence-electron chi connectivity index (χ1n) is 7.85. The fourth-order valence-electron chi connectivity index (χ4n) is 4.50. The predicted molar refractivity (Wildman–Crippen MR) is 82.1 cm³/mol. The maximum Gasteiger partial charge on any atom is 0.307 e. The van der Waals surface area contributed by atoms with Crippen molar-refractivity contribution in [2.75, 3.05) is 5.32 Å². The molecule has 0 aromatic heterocycles. The molecule has 2 saturated carbocycles. The van der Waals surface area contributed by atoms with Crippen molar-refractivity contribution in [1.29, 1.82) is 0 Å². The number of hydrogen-bond acceptors (Lipinski definition) is 2. The predicted octanol–water partition coefficient (Wildman–Crippen LogP) is 2.70. The average molecular weight is 297 g/mol. The molecule has 6 atom stereocenters. The van der Waals surface area contributed by atoms with Crippen LogP contribution in [0.15, 0.2) is 36.4 Å². The van der Waals surface area contributed by atoms with E-state index in [4.69, 9.17) is 0 Å². The Balaban J connectivity index is 1.63. The van der Waals surface area contributed by atoms with E-state index in [1.807, 2.05) is 37.3 Å². The van der Waals surface area contributed by atoms with Crippen molar-refractivity contribution >= 4 is 17.6 Å². The summed E-state index contributed by atoms with van der Waals surface area (Å²) in [6, 6.07) is 7.60. The molecule has 114 valence electrons. The Morgan fingerprint density at radius 2 is 1.73 bits per heavy atom. The van der Waals surface area contributed by atoms with Crippen LogP contribution in [0.2, 0.25) is 0 Å². The second kappa shape index (κ2) is 4.70. The Labute approximate surface area is 129 Å². The first kappa shape index (κ1) is 13.6. The minimum atomic E-state index is -0.838. The zero-order valence-electron chi connectivity index (χ0n) is 12.4. The summed E-state index contributed by atoms with van der Waals surface area (Å²) in [5, 5.41) is 12.6. The van der Waals surface area contributed by atoms with Crippen LogP contribution in [0.4, 0.5) is 5.69 Å². The average Bonchev–Trinajstić information content (AvgIpc) is 3.30. The second-order valence-electron chi connectivity index (χ2n) is 6.80. The summed E-state index contributed by atoms with van der Waals surface area (Å²) >= 11 is 0. The topological polar surface area (TPSA) is 66.4 Å². The Kier molecular flexibility index (Phi) is 2.90. The van der Waals surface area contributed by atoms with Gasteiger partial charge in [-0.3, -0.25) is 9.59 Å². The lowest BCUT2D eigenvalue weighted by Gasteiger charge is -2.41. The van der Waals surface area contributed by atoms with Crippen molar-refractivity contribution in [3.05, 3.63) is 42.0 Å². The molecule has 2 fully saturated rings. The van der Waals surface area contributed by atoms with E-state index in [0.717, 1.165) is 17.7 Å². The van der Waals surface area contributed by atoms with Crippen molar-refractivity contribution in [2.45, 2.75) is 13.3 Å². The van der Waals surface area contributed by atoms with Gasteiger partial charge in [-0.2, -0.15) is 0 Å². The van der Waals surface area contributed by atoms with E-state index in [0.29, 0.717) is 11.8 Å². The van der Waals surface area contributed by atoms with Gasteiger partial charge in [0.15, 0.2) is 0 Å². The van der Waals surface area contributed by atoms with E-state index in [-0.39, 0.29) is 17.7 Å². The van der Waals surface area contributed by atoms with Crippen molar-refractivity contribution in [2.24, 2.45) is 35.5 Å². The van der Waals surface area contributed by atoms with Crippen LogP contribution in [0.1, 0.15) is 12.0 Å². The Hall–Kier alpha value is -2.10. The number of aliphatic carboxylic acids is 1. The lowest BCUT2D eigenvalue weighted by Crippen LogP contribution is -2.48. The highest BCUT2D eigenvalue weighted by molar-refractivity contribution is 5.96. The number of fused-ring (bicyclic) bond motifs is 1. The first-order valence-corrected chi connectivity index (χ1v) is 7.85. The molecule has 1 aromatic carbocycles. The molecular formula is C18H19NO3. The number of allylic oxidation sites excluding steroid dienone is 2. The molecule has 2 N–H and O–H groups in total. The number of aryl methyl sites for hydroxylation is 1. The number of benzene rings is 1. The standard InChI is InChI=1S/C18H19NO3/c1-9-4-2-3-5-14(9)19-17(20)15-10-6-7-11(13-8-12(10)13)16(15)18(21)22/h2-7,10-13,15-16H,8H2,1H3,(H,19,20)(H,21,22)/t10-,11-,12+,13-,15+,16-/m0/s1. The van der Waals surface area contributed by atoms with E-state index in [2.05, 4.69) is 11.4 Å². The molecular weight excluding hydrogens is 278 g/mol. The van der Waals surface area contributed by atoms with Gasteiger partial charge < -0.3 is 10.4 Å². The highest BCUT2D eigenvalue weighted by atomic mass is 16.4. The number of nitrogens with one attached hydrogen (secondary N) is 1. The van der Waals surface area contributed by atoms with Crippen LogP contribution in [0.3, 0.4) is 0 Å². The van der Waals surface area contributed by atoms with Gasteiger partial charge in [0.05, 0.1) is 11.8 Å². The van der Waals surface area contributed by atoms with Crippen LogP contribution in [0.5, 0.6) is 0 Å². The smallest absolute Gasteiger partial charge is 0.307 e. The van der Waals surface area contributed by atoms with Crippen molar-refractivity contribution < 1.29 is 14.7 Å². The number of carbonyl (C=O) groups is 2. The molecule has 0 aliphatic heterocycles. The number of rotatable bonds is 3. The Morgan fingerprint density at radius 3 is 2.36 bits per heavy atom. The number of amides is 1. The van der Waals surface area contributed by atoms with Gasteiger partial charge >= 0.3 is 5.97 Å². The SMILES string of the molecule is Cc1ccccc1NC(=O)[C@@H]1[C@H]2C=C[C@@H]([C@@H]3C[C@H]23)[C@@H]1C(=O)O. The number of carbonyl (C=O) groups excluding carboxylic acids is 1. The summed E-state index contributed by atoms with van der Waals surface area (Å²) in [5.41, 5.74) is 1.76. The quantitative estimate of drug-likeness (QED) is 0.843. The van der Waals surface area contributed by atoms with Crippen molar-refractivity contribution in [3.8, 4) is 0 Å². The molecule has 0 heterocycles. The maximum absolute atomic E-state index is 12.8.